The van der Waals surface area contributed by atoms with Gasteiger partial charge in [0.15, 0.2) is 18.2 Å². The lowest BCUT2D eigenvalue weighted by molar-refractivity contribution is -0.124. The Morgan fingerprint density at radius 3 is 2.90 bits per heavy atom. The zero-order valence-corrected chi connectivity index (χ0v) is 13.4. The molecule has 116 valence electrons. The minimum atomic E-state index is -0.491. The maximum Gasteiger partial charge on any atom is 0.258 e. The van der Waals surface area contributed by atoms with Crippen LogP contribution in [0.1, 0.15) is 25.7 Å². The number of nitrogens with one attached hydrogen (secondary N) is 1. The van der Waals surface area contributed by atoms with E-state index in [9.17, 15) is 9.18 Å². The molecule has 0 saturated heterocycles. The fourth-order valence-electron chi connectivity index (χ4n) is 2.66. The van der Waals surface area contributed by atoms with Crippen LogP contribution in [0.15, 0.2) is 22.7 Å². The minimum Gasteiger partial charge on any atom is -0.481 e. The van der Waals surface area contributed by atoms with Gasteiger partial charge in [0.1, 0.15) is 0 Å². The van der Waals surface area contributed by atoms with Crippen molar-refractivity contribution in [3.05, 3.63) is 28.5 Å². The van der Waals surface area contributed by atoms with Crippen LogP contribution in [-0.4, -0.2) is 25.1 Å². The summed E-state index contributed by atoms with van der Waals surface area (Å²) in [4.78, 5) is 11.9. The Kier molecular flexibility index (Phi) is 5.99. The molecule has 0 aliphatic heterocycles. The Balaban J connectivity index is 1.84. The van der Waals surface area contributed by atoms with Crippen molar-refractivity contribution in [2.45, 2.75) is 31.7 Å². The first kappa shape index (κ1) is 16.2. The summed E-state index contributed by atoms with van der Waals surface area (Å²) in [7, 11) is 0. The highest BCUT2D eigenvalue weighted by molar-refractivity contribution is 9.10. The van der Waals surface area contributed by atoms with Gasteiger partial charge in [-0.25, -0.2) is 4.39 Å². The van der Waals surface area contributed by atoms with E-state index in [4.69, 9.17) is 10.5 Å². The lowest BCUT2D eigenvalue weighted by Gasteiger charge is -2.31. The van der Waals surface area contributed by atoms with Crippen molar-refractivity contribution in [2.75, 3.05) is 13.2 Å². The van der Waals surface area contributed by atoms with E-state index in [2.05, 4.69) is 21.2 Å². The van der Waals surface area contributed by atoms with E-state index in [0.717, 1.165) is 25.7 Å². The molecule has 1 aliphatic carbocycles. The topological polar surface area (TPSA) is 64.3 Å². The van der Waals surface area contributed by atoms with Crippen molar-refractivity contribution in [1.82, 2.24) is 5.32 Å². The van der Waals surface area contributed by atoms with Crippen molar-refractivity contribution in [3.8, 4) is 5.75 Å². The van der Waals surface area contributed by atoms with Gasteiger partial charge in [-0.15, -0.1) is 0 Å². The van der Waals surface area contributed by atoms with Gasteiger partial charge < -0.3 is 15.8 Å². The molecule has 6 heteroatoms. The van der Waals surface area contributed by atoms with Gasteiger partial charge in [0, 0.05) is 10.5 Å². The van der Waals surface area contributed by atoms with E-state index >= 15 is 0 Å². The molecule has 1 aromatic rings. The molecule has 3 N–H and O–H groups in total. The summed E-state index contributed by atoms with van der Waals surface area (Å²) in [6, 6.07) is 4.58. The maximum absolute atomic E-state index is 13.6. The fraction of sp³-hybridized carbons (Fsp3) is 0.533. The van der Waals surface area contributed by atoms with E-state index in [1.165, 1.54) is 12.1 Å². The molecule has 2 atom stereocenters. The average molecular weight is 359 g/mol. The quantitative estimate of drug-likeness (QED) is 0.850. The lowest BCUT2D eigenvalue weighted by atomic mass is 9.84. The third-order valence-electron chi connectivity index (χ3n) is 3.81. The van der Waals surface area contributed by atoms with Crippen LogP contribution in [0.2, 0.25) is 0 Å². The summed E-state index contributed by atoms with van der Waals surface area (Å²) in [6.45, 7) is 0.388. The van der Waals surface area contributed by atoms with Gasteiger partial charge in [0.25, 0.3) is 5.91 Å². The van der Waals surface area contributed by atoms with Gasteiger partial charge in [0.05, 0.1) is 0 Å². The zero-order chi connectivity index (χ0) is 15.2. The Morgan fingerprint density at radius 2 is 2.19 bits per heavy atom. The van der Waals surface area contributed by atoms with Crippen molar-refractivity contribution in [3.63, 3.8) is 0 Å². The Labute approximate surface area is 132 Å². The van der Waals surface area contributed by atoms with Crippen molar-refractivity contribution in [1.29, 1.82) is 0 Å². The van der Waals surface area contributed by atoms with E-state index in [-0.39, 0.29) is 24.3 Å². The first-order valence-corrected chi connectivity index (χ1v) is 7.96. The van der Waals surface area contributed by atoms with Crippen LogP contribution >= 0.6 is 15.9 Å². The molecule has 0 aromatic heterocycles. The molecule has 2 unspecified atom stereocenters. The number of hydrogen-bond donors (Lipinski definition) is 2. The van der Waals surface area contributed by atoms with E-state index < -0.39 is 5.82 Å². The predicted molar refractivity (Wildman–Crippen MR) is 82.5 cm³/mol. The van der Waals surface area contributed by atoms with Gasteiger partial charge in [0.2, 0.25) is 0 Å². The van der Waals surface area contributed by atoms with Gasteiger partial charge >= 0.3 is 0 Å². The highest BCUT2D eigenvalue weighted by Crippen LogP contribution is 2.24. The SMILES string of the molecule is NCC1CCCCC1NC(=O)COc1ccc(Br)cc1F. The average Bonchev–Trinajstić information content (AvgIpc) is 2.47. The van der Waals surface area contributed by atoms with Crippen molar-refractivity contribution < 1.29 is 13.9 Å². The second kappa shape index (κ2) is 7.75. The van der Waals surface area contributed by atoms with Gasteiger partial charge in [-0.05, 0) is 43.5 Å². The molecule has 1 saturated carbocycles. The Hall–Kier alpha value is -1.14. The van der Waals surface area contributed by atoms with Crippen LogP contribution in [0, 0.1) is 11.7 Å². The molecule has 0 bridgehead atoms. The molecular weight excluding hydrogens is 339 g/mol. The van der Waals surface area contributed by atoms with Gasteiger partial charge in [-0.1, -0.05) is 28.8 Å². The molecule has 0 radical (unpaired) electrons. The van der Waals surface area contributed by atoms with Gasteiger partial charge in [-0.2, -0.15) is 0 Å². The highest BCUT2D eigenvalue weighted by atomic mass is 79.9. The van der Waals surface area contributed by atoms with Gasteiger partial charge in [-0.3, -0.25) is 4.79 Å². The smallest absolute Gasteiger partial charge is 0.258 e. The predicted octanol–water partition coefficient (Wildman–Crippen LogP) is 2.60. The number of benzene rings is 1. The molecule has 1 amide bonds. The summed E-state index contributed by atoms with van der Waals surface area (Å²) < 4.78 is 19.4. The normalized spacial score (nSPS) is 21.9. The van der Waals surface area contributed by atoms with Crippen LogP contribution in [-0.2, 0) is 4.79 Å². The summed E-state index contributed by atoms with van der Waals surface area (Å²) in [5.74, 6) is -0.322. The van der Waals surface area contributed by atoms with Crippen LogP contribution in [0.4, 0.5) is 4.39 Å². The summed E-state index contributed by atoms with van der Waals surface area (Å²) >= 11 is 3.17. The van der Waals surface area contributed by atoms with Crippen molar-refractivity contribution in [2.24, 2.45) is 11.7 Å². The highest BCUT2D eigenvalue weighted by Gasteiger charge is 2.25. The maximum atomic E-state index is 13.6. The third-order valence-corrected chi connectivity index (χ3v) is 4.30. The number of carbonyl (C=O) groups is 1. The number of ether oxygens (including phenoxy) is 1. The number of rotatable bonds is 5. The lowest BCUT2D eigenvalue weighted by Crippen LogP contribution is -2.46. The molecule has 21 heavy (non-hydrogen) atoms. The standard InChI is InChI=1S/C15H20BrFN2O2/c16-11-5-6-14(12(17)7-11)21-9-15(20)19-13-4-2-1-3-10(13)8-18/h5-7,10,13H,1-4,8-9,18H2,(H,19,20). The summed E-state index contributed by atoms with van der Waals surface area (Å²) in [5, 5.41) is 2.95. The molecule has 0 spiro atoms. The first-order valence-electron chi connectivity index (χ1n) is 7.17. The first-order chi connectivity index (χ1) is 10.1. The zero-order valence-electron chi connectivity index (χ0n) is 11.8. The van der Waals surface area contributed by atoms with E-state index in [1.54, 1.807) is 6.07 Å². The van der Waals surface area contributed by atoms with Crippen LogP contribution in [0.3, 0.4) is 0 Å². The summed E-state index contributed by atoms with van der Waals surface area (Å²) in [6.07, 6.45) is 4.25. The molecule has 2 rings (SSSR count). The number of hydrogen-bond acceptors (Lipinski definition) is 3. The molecule has 0 heterocycles. The minimum absolute atomic E-state index is 0.0763. The Bertz CT molecular complexity index is 499. The second-order valence-electron chi connectivity index (χ2n) is 5.32. The number of carbonyl (C=O) groups excluding carboxylic acids is 1. The van der Waals surface area contributed by atoms with Crippen molar-refractivity contribution >= 4 is 21.8 Å². The third kappa shape index (κ3) is 4.68. The van der Waals surface area contributed by atoms with Crippen LogP contribution in [0.5, 0.6) is 5.75 Å². The summed E-state index contributed by atoms with van der Waals surface area (Å²) in [5.41, 5.74) is 5.73. The molecule has 1 fully saturated rings. The molecule has 4 nitrogen and oxygen atoms in total. The van der Waals surface area contributed by atoms with Crippen LogP contribution in [0.25, 0.3) is 0 Å². The largest absolute Gasteiger partial charge is 0.481 e. The monoisotopic (exact) mass is 358 g/mol. The number of nitrogens with two attached hydrogens (primary N) is 1. The second-order valence-corrected chi connectivity index (χ2v) is 6.23. The molecular formula is C15H20BrFN2O2. The fourth-order valence-corrected chi connectivity index (χ4v) is 3.00. The Morgan fingerprint density at radius 1 is 1.43 bits per heavy atom. The van der Waals surface area contributed by atoms with E-state index in [0.29, 0.717) is 16.9 Å². The molecule has 1 aromatic carbocycles. The number of amides is 1. The molecule has 1 aliphatic rings. The van der Waals surface area contributed by atoms with E-state index in [1.807, 2.05) is 0 Å². The van der Waals surface area contributed by atoms with Crippen LogP contribution < -0.4 is 15.8 Å². The number of halogens is 2.